The second-order valence-corrected chi connectivity index (χ2v) is 3.98. The Morgan fingerprint density at radius 2 is 2.08 bits per heavy atom. The predicted molar refractivity (Wildman–Crippen MR) is 59.6 cm³/mol. The maximum absolute atomic E-state index is 6.98. The van der Waals surface area contributed by atoms with Crippen molar-refractivity contribution in [2.24, 2.45) is 0 Å². The van der Waals surface area contributed by atoms with Crippen LogP contribution in [0.1, 0.15) is 5.56 Å². The van der Waals surface area contributed by atoms with Gasteiger partial charge in [-0.15, -0.1) is 0 Å². The molecule has 0 heterocycles. The number of hydrogen-bond acceptors (Lipinski definition) is 2. The number of rotatable bonds is 5. The Kier molecular flexibility index (Phi) is 4.72. The van der Waals surface area contributed by atoms with Crippen LogP contribution in [0, 0.1) is 5.41 Å². The Balaban J connectivity index is 2.24. The lowest BCUT2D eigenvalue weighted by molar-refractivity contribution is 0.716. The highest BCUT2D eigenvalue weighted by atomic mass is 79.9. The van der Waals surface area contributed by atoms with Crippen molar-refractivity contribution in [2.45, 2.75) is 11.4 Å². The molecule has 2 N–H and O–H groups in total. The van der Waals surface area contributed by atoms with Crippen LogP contribution in [0.2, 0.25) is 0 Å². The van der Waals surface area contributed by atoms with Crippen molar-refractivity contribution in [3.8, 4) is 0 Å². The van der Waals surface area contributed by atoms with Crippen molar-refractivity contribution in [1.29, 1.82) is 5.41 Å². The van der Waals surface area contributed by atoms with E-state index in [1.54, 1.807) is 0 Å². The summed E-state index contributed by atoms with van der Waals surface area (Å²) in [5.41, 5.74) is 1.27. The summed E-state index contributed by atoms with van der Waals surface area (Å²) >= 11 is 3.34. The van der Waals surface area contributed by atoms with Gasteiger partial charge in [-0.05, 0) is 5.56 Å². The molecular weight excluding hydrogens is 228 g/mol. The Morgan fingerprint density at radius 1 is 1.38 bits per heavy atom. The van der Waals surface area contributed by atoms with Crippen LogP contribution in [-0.2, 0) is 6.54 Å². The van der Waals surface area contributed by atoms with Crippen LogP contribution < -0.4 is 5.32 Å². The topological polar surface area (TPSA) is 35.9 Å². The third-order valence-corrected chi connectivity index (χ3v) is 2.28. The standard InChI is InChI=1S/C10H13BrN2/c11-10(6-12)8-13-7-9-4-2-1-3-5-9/h1-6,10,12-13H,7-8H2. The molecule has 1 aromatic carbocycles. The van der Waals surface area contributed by atoms with Crippen molar-refractivity contribution in [2.75, 3.05) is 6.54 Å². The van der Waals surface area contributed by atoms with Gasteiger partial charge in [0.15, 0.2) is 0 Å². The van der Waals surface area contributed by atoms with E-state index >= 15 is 0 Å². The van der Waals surface area contributed by atoms with Crippen LogP contribution in [0.25, 0.3) is 0 Å². The smallest absolute Gasteiger partial charge is 0.0616 e. The molecule has 70 valence electrons. The fourth-order valence-corrected chi connectivity index (χ4v) is 1.24. The molecule has 0 radical (unpaired) electrons. The second kappa shape index (κ2) is 5.89. The molecule has 0 saturated carbocycles. The van der Waals surface area contributed by atoms with Gasteiger partial charge in [-0.3, -0.25) is 0 Å². The van der Waals surface area contributed by atoms with Crippen LogP contribution in [0.15, 0.2) is 30.3 Å². The van der Waals surface area contributed by atoms with Crippen LogP contribution in [0.3, 0.4) is 0 Å². The average Bonchev–Trinajstić information content (AvgIpc) is 2.19. The van der Waals surface area contributed by atoms with E-state index in [0.717, 1.165) is 13.1 Å². The van der Waals surface area contributed by atoms with Gasteiger partial charge in [0.05, 0.1) is 4.83 Å². The first-order valence-electron chi connectivity index (χ1n) is 4.22. The van der Waals surface area contributed by atoms with E-state index in [9.17, 15) is 0 Å². The first kappa shape index (κ1) is 10.4. The number of benzene rings is 1. The van der Waals surface area contributed by atoms with Gasteiger partial charge in [-0.1, -0.05) is 46.3 Å². The van der Waals surface area contributed by atoms with Crippen LogP contribution in [-0.4, -0.2) is 17.6 Å². The maximum Gasteiger partial charge on any atom is 0.0616 e. The summed E-state index contributed by atoms with van der Waals surface area (Å²) in [5, 5.41) is 10.2. The highest BCUT2D eigenvalue weighted by Crippen LogP contribution is 1.98. The molecule has 13 heavy (non-hydrogen) atoms. The van der Waals surface area contributed by atoms with E-state index in [1.165, 1.54) is 11.8 Å². The summed E-state index contributed by atoms with van der Waals surface area (Å²) < 4.78 is 0. The molecule has 1 aromatic rings. The van der Waals surface area contributed by atoms with Crippen molar-refractivity contribution in [1.82, 2.24) is 5.32 Å². The zero-order valence-electron chi connectivity index (χ0n) is 7.33. The number of hydrogen-bond donors (Lipinski definition) is 2. The van der Waals surface area contributed by atoms with Crippen LogP contribution in [0.5, 0.6) is 0 Å². The number of halogens is 1. The summed E-state index contributed by atoms with van der Waals surface area (Å²) in [6, 6.07) is 10.2. The Labute approximate surface area is 87.0 Å². The molecule has 0 amide bonds. The molecule has 1 rings (SSSR count). The third-order valence-electron chi connectivity index (χ3n) is 1.69. The summed E-state index contributed by atoms with van der Waals surface area (Å²) in [5.74, 6) is 0. The third kappa shape index (κ3) is 4.20. The number of nitrogens with one attached hydrogen (secondary N) is 2. The minimum absolute atomic E-state index is 0.135. The largest absolute Gasteiger partial charge is 0.312 e. The molecule has 0 aliphatic rings. The first-order chi connectivity index (χ1) is 6.33. The lowest BCUT2D eigenvalue weighted by Crippen LogP contribution is -2.23. The zero-order chi connectivity index (χ0) is 9.52. The molecule has 0 bridgehead atoms. The van der Waals surface area contributed by atoms with E-state index in [0.29, 0.717) is 0 Å². The summed E-state index contributed by atoms with van der Waals surface area (Å²) in [6.07, 6.45) is 1.39. The van der Waals surface area contributed by atoms with Gasteiger partial charge in [-0.25, -0.2) is 0 Å². The van der Waals surface area contributed by atoms with E-state index in [2.05, 4.69) is 33.4 Å². The van der Waals surface area contributed by atoms with Crippen molar-refractivity contribution < 1.29 is 0 Å². The predicted octanol–water partition coefficient (Wildman–Crippen LogP) is 2.19. The lowest BCUT2D eigenvalue weighted by atomic mass is 10.2. The fourth-order valence-electron chi connectivity index (χ4n) is 1.01. The van der Waals surface area contributed by atoms with Gasteiger partial charge in [-0.2, -0.15) is 0 Å². The van der Waals surface area contributed by atoms with Crippen molar-refractivity contribution in [3.05, 3.63) is 35.9 Å². The van der Waals surface area contributed by atoms with Gasteiger partial charge in [0.2, 0.25) is 0 Å². The Morgan fingerprint density at radius 3 is 2.69 bits per heavy atom. The molecule has 1 unspecified atom stereocenters. The van der Waals surface area contributed by atoms with Gasteiger partial charge < -0.3 is 10.7 Å². The van der Waals surface area contributed by atoms with Gasteiger partial charge in [0.25, 0.3) is 0 Å². The molecule has 0 aliphatic carbocycles. The van der Waals surface area contributed by atoms with Gasteiger partial charge in [0.1, 0.15) is 0 Å². The normalized spacial score (nSPS) is 12.4. The minimum Gasteiger partial charge on any atom is -0.312 e. The fraction of sp³-hybridized carbons (Fsp3) is 0.300. The highest BCUT2D eigenvalue weighted by molar-refractivity contribution is 9.10. The second-order valence-electron chi connectivity index (χ2n) is 2.80. The number of alkyl halides is 1. The first-order valence-corrected chi connectivity index (χ1v) is 5.14. The molecule has 0 aromatic heterocycles. The minimum atomic E-state index is 0.135. The average molecular weight is 241 g/mol. The van der Waals surface area contributed by atoms with E-state index in [4.69, 9.17) is 5.41 Å². The lowest BCUT2D eigenvalue weighted by Gasteiger charge is -2.05. The van der Waals surface area contributed by atoms with Gasteiger partial charge in [0, 0.05) is 19.3 Å². The van der Waals surface area contributed by atoms with Crippen molar-refractivity contribution in [3.63, 3.8) is 0 Å². The molecule has 3 heteroatoms. The summed E-state index contributed by atoms with van der Waals surface area (Å²) in [7, 11) is 0. The van der Waals surface area contributed by atoms with Crippen molar-refractivity contribution >= 4 is 22.1 Å². The van der Waals surface area contributed by atoms with E-state index in [-0.39, 0.29) is 4.83 Å². The molecular formula is C10H13BrN2. The Bertz CT molecular complexity index is 248. The molecule has 2 nitrogen and oxygen atoms in total. The monoisotopic (exact) mass is 240 g/mol. The SMILES string of the molecule is N=CC(Br)CNCc1ccccc1. The molecule has 0 fully saturated rings. The summed E-state index contributed by atoms with van der Waals surface area (Å²) in [4.78, 5) is 0.135. The maximum atomic E-state index is 6.98. The molecule has 0 aliphatic heterocycles. The van der Waals surface area contributed by atoms with Gasteiger partial charge >= 0.3 is 0 Å². The Hall–Kier alpha value is -0.670. The molecule has 0 spiro atoms. The van der Waals surface area contributed by atoms with E-state index in [1.807, 2.05) is 18.2 Å². The van der Waals surface area contributed by atoms with Crippen LogP contribution in [0.4, 0.5) is 0 Å². The highest BCUT2D eigenvalue weighted by Gasteiger charge is 1.97. The molecule has 1 atom stereocenters. The van der Waals surface area contributed by atoms with E-state index < -0.39 is 0 Å². The summed E-state index contributed by atoms with van der Waals surface area (Å²) in [6.45, 7) is 1.65. The quantitative estimate of drug-likeness (QED) is 0.601. The molecule has 0 saturated heterocycles. The zero-order valence-corrected chi connectivity index (χ0v) is 8.92. The van der Waals surface area contributed by atoms with Crippen LogP contribution >= 0.6 is 15.9 Å².